The van der Waals surface area contributed by atoms with Crippen LogP contribution in [-0.4, -0.2) is 25.2 Å². The highest BCUT2D eigenvalue weighted by Gasteiger charge is 2.30. The second kappa shape index (κ2) is 3.83. The molecule has 1 N–H and O–H groups in total. The summed E-state index contributed by atoms with van der Waals surface area (Å²) in [5, 5.41) is 5.39. The van der Waals surface area contributed by atoms with Crippen molar-refractivity contribution in [1.82, 2.24) is 10.2 Å². The van der Waals surface area contributed by atoms with E-state index in [0.717, 1.165) is 6.54 Å². The Morgan fingerprint density at radius 3 is 2.79 bits per heavy atom. The minimum Gasteiger partial charge on any atom is -0.312 e. The maximum absolute atomic E-state index is 12.3. The number of benzene rings is 1. The third kappa shape index (κ3) is 1.88. The van der Waals surface area contributed by atoms with Crippen LogP contribution < -0.4 is 10.5 Å². The molecule has 1 saturated heterocycles. The van der Waals surface area contributed by atoms with Gasteiger partial charge in [0.1, 0.15) is 0 Å². The van der Waals surface area contributed by atoms with Gasteiger partial charge in [-0.1, -0.05) is 18.2 Å². The van der Waals surface area contributed by atoms with Crippen LogP contribution in [-0.2, 0) is 9.09 Å². The Morgan fingerprint density at radius 2 is 2.14 bits per heavy atom. The Labute approximate surface area is 83.3 Å². The largest absolute Gasteiger partial charge is 0.313 e. The van der Waals surface area contributed by atoms with Crippen LogP contribution in [0.15, 0.2) is 30.3 Å². The molecule has 1 aliphatic heterocycles. The summed E-state index contributed by atoms with van der Waals surface area (Å²) in [5.74, 6) is 0. The normalized spacial score (nSPS) is 28.9. The summed E-state index contributed by atoms with van der Waals surface area (Å²) in [6.45, 7) is 1.24. The van der Waals surface area contributed by atoms with E-state index in [1.807, 2.05) is 37.4 Å². The van der Waals surface area contributed by atoms with E-state index in [1.54, 1.807) is 5.01 Å². The average Bonchev–Trinajstić information content (AvgIpc) is 2.19. The standard InChI is InChI=1S/C9H13N2O2P/c1-11-7-8-13-14(12,10-11)9-5-3-2-4-6-9/h2-6H,7-8H2,1H3,(H,10,12)/t14-/m1/s1. The van der Waals surface area contributed by atoms with Gasteiger partial charge in [-0.2, -0.15) is 5.20 Å². The van der Waals surface area contributed by atoms with Crippen molar-refractivity contribution in [2.24, 2.45) is 0 Å². The number of hydrazine groups is 1. The molecule has 0 bridgehead atoms. The number of hydrogen-bond acceptors (Lipinski definition) is 3. The maximum atomic E-state index is 12.3. The molecule has 1 heterocycles. The summed E-state index contributed by atoms with van der Waals surface area (Å²) >= 11 is 0. The van der Waals surface area contributed by atoms with Crippen molar-refractivity contribution >= 4 is 12.8 Å². The molecule has 0 radical (unpaired) electrons. The number of likely N-dealkylation sites (N-methyl/N-ethyl adjacent to an activating group) is 1. The fraction of sp³-hybridized carbons (Fsp3) is 0.333. The lowest BCUT2D eigenvalue weighted by atomic mass is 10.4. The fourth-order valence-electron chi connectivity index (χ4n) is 1.37. The highest BCUT2D eigenvalue weighted by Crippen LogP contribution is 2.42. The molecule has 1 aliphatic rings. The van der Waals surface area contributed by atoms with Crippen molar-refractivity contribution in [1.29, 1.82) is 0 Å². The Morgan fingerprint density at radius 1 is 1.43 bits per heavy atom. The predicted molar refractivity (Wildman–Crippen MR) is 55.4 cm³/mol. The van der Waals surface area contributed by atoms with E-state index in [1.165, 1.54) is 0 Å². The van der Waals surface area contributed by atoms with E-state index in [4.69, 9.17) is 4.52 Å². The molecule has 0 aliphatic carbocycles. The molecule has 1 fully saturated rings. The number of nitrogens with one attached hydrogen (secondary N) is 1. The van der Waals surface area contributed by atoms with Gasteiger partial charge in [0, 0.05) is 13.6 Å². The van der Waals surface area contributed by atoms with Crippen LogP contribution in [0.2, 0.25) is 0 Å². The molecule has 14 heavy (non-hydrogen) atoms. The number of hydrogen-bond donors (Lipinski definition) is 1. The minimum atomic E-state index is -2.85. The van der Waals surface area contributed by atoms with Gasteiger partial charge >= 0.3 is 7.52 Å². The third-order valence-electron chi connectivity index (χ3n) is 2.10. The maximum Gasteiger partial charge on any atom is 0.313 e. The molecule has 0 amide bonds. The van der Waals surface area contributed by atoms with Gasteiger partial charge in [0.2, 0.25) is 0 Å². The van der Waals surface area contributed by atoms with Crippen LogP contribution in [0.25, 0.3) is 0 Å². The van der Waals surface area contributed by atoms with Gasteiger partial charge in [0.05, 0.1) is 11.9 Å². The zero-order valence-corrected chi connectivity index (χ0v) is 8.91. The van der Waals surface area contributed by atoms with E-state index < -0.39 is 7.52 Å². The summed E-state index contributed by atoms with van der Waals surface area (Å²) in [5.41, 5.74) is 0. The molecule has 1 aromatic carbocycles. The Balaban J connectivity index is 2.28. The quantitative estimate of drug-likeness (QED) is 0.704. The molecule has 0 spiro atoms. The van der Waals surface area contributed by atoms with Crippen LogP contribution in [0, 0.1) is 0 Å². The number of nitrogens with zero attached hydrogens (tertiary/aromatic N) is 1. The molecular weight excluding hydrogens is 199 g/mol. The van der Waals surface area contributed by atoms with Gasteiger partial charge < -0.3 is 4.52 Å². The van der Waals surface area contributed by atoms with Gasteiger partial charge in [0.25, 0.3) is 0 Å². The summed E-state index contributed by atoms with van der Waals surface area (Å²) in [7, 11) is -0.987. The molecule has 76 valence electrons. The summed E-state index contributed by atoms with van der Waals surface area (Å²) in [4.78, 5) is 0. The van der Waals surface area contributed by atoms with Crippen LogP contribution in [0.4, 0.5) is 0 Å². The summed E-state index contributed by atoms with van der Waals surface area (Å²) in [6.07, 6.45) is 0. The summed E-state index contributed by atoms with van der Waals surface area (Å²) in [6, 6.07) is 9.23. The van der Waals surface area contributed by atoms with Crippen molar-refractivity contribution in [2.45, 2.75) is 0 Å². The first kappa shape index (κ1) is 9.87. The van der Waals surface area contributed by atoms with Gasteiger partial charge in [-0.15, -0.1) is 0 Å². The van der Waals surface area contributed by atoms with Crippen LogP contribution in [0.5, 0.6) is 0 Å². The lowest BCUT2D eigenvalue weighted by molar-refractivity contribution is 0.167. The van der Waals surface area contributed by atoms with E-state index in [-0.39, 0.29) is 0 Å². The zero-order chi connectivity index (χ0) is 10.0. The molecule has 0 unspecified atom stereocenters. The van der Waals surface area contributed by atoms with E-state index in [9.17, 15) is 4.57 Å². The molecule has 5 heteroatoms. The lowest BCUT2D eigenvalue weighted by Gasteiger charge is -2.31. The average molecular weight is 212 g/mol. The van der Waals surface area contributed by atoms with Crippen LogP contribution in [0.3, 0.4) is 0 Å². The van der Waals surface area contributed by atoms with E-state index >= 15 is 0 Å². The monoisotopic (exact) mass is 212 g/mol. The van der Waals surface area contributed by atoms with Crippen molar-refractivity contribution < 1.29 is 9.09 Å². The Kier molecular flexibility index (Phi) is 2.70. The Bertz CT molecular complexity index is 355. The van der Waals surface area contributed by atoms with Crippen LogP contribution in [0.1, 0.15) is 0 Å². The summed E-state index contributed by atoms with van der Waals surface area (Å²) < 4.78 is 17.6. The second-order valence-corrected chi connectivity index (χ2v) is 5.32. The lowest BCUT2D eigenvalue weighted by Crippen LogP contribution is -2.42. The second-order valence-electron chi connectivity index (χ2n) is 3.24. The minimum absolute atomic E-state index is 0.496. The zero-order valence-electron chi connectivity index (χ0n) is 8.01. The molecule has 1 aromatic rings. The SMILES string of the molecule is CN1CCO[P@](=O)(c2ccccc2)N1. The van der Waals surface area contributed by atoms with Crippen molar-refractivity contribution in [3.8, 4) is 0 Å². The first-order valence-electron chi connectivity index (χ1n) is 4.50. The van der Waals surface area contributed by atoms with Gasteiger partial charge in [-0.3, -0.25) is 4.57 Å². The fourth-order valence-corrected chi connectivity index (χ4v) is 3.14. The van der Waals surface area contributed by atoms with Crippen LogP contribution >= 0.6 is 7.52 Å². The predicted octanol–water partition coefficient (Wildman–Crippen LogP) is 0.972. The van der Waals surface area contributed by atoms with E-state index in [0.29, 0.717) is 11.9 Å². The van der Waals surface area contributed by atoms with Gasteiger partial charge in [0.15, 0.2) is 0 Å². The molecule has 0 aromatic heterocycles. The highest BCUT2D eigenvalue weighted by atomic mass is 31.2. The Hall–Kier alpha value is -0.670. The first-order chi connectivity index (χ1) is 6.71. The molecule has 2 rings (SSSR count). The highest BCUT2D eigenvalue weighted by molar-refractivity contribution is 7.65. The van der Waals surface area contributed by atoms with E-state index in [2.05, 4.69) is 5.20 Å². The van der Waals surface area contributed by atoms with Crippen molar-refractivity contribution in [3.63, 3.8) is 0 Å². The van der Waals surface area contributed by atoms with Crippen molar-refractivity contribution in [2.75, 3.05) is 20.2 Å². The molecule has 0 saturated carbocycles. The van der Waals surface area contributed by atoms with Gasteiger partial charge in [-0.25, -0.2) is 5.01 Å². The third-order valence-corrected chi connectivity index (χ3v) is 4.23. The molecular formula is C9H13N2O2P. The van der Waals surface area contributed by atoms with Crippen molar-refractivity contribution in [3.05, 3.63) is 30.3 Å². The first-order valence-corrected chi connectivity index (χ1v) is 6.12. The number of rotatable bonds is 1. The van der Waals surface area contributed by atoms with Gasteiger partial charge in [-0.05, 0) is 12.1 Å². The smallest absolute Gasteiger partial charge is 0.312 e. The molecule has 1 atom stereocenters. The molecule has 4 nitrogen and oxygen atoms in total. The topological polar surface area (TPSA) is 41.6 Å².